The largest absolute Gasteiger partial charge is 0.460 e. The normalized spacial score (nSPS) is 19.0. The molecule has 5 heteroatoms. The van der Waals surface area contributed by atoms with E-state index < -0.39 is 18.7 Å². The number of aliphatic hydroxyl groups excluding tert-OH is 1. The molecule has 2 rings (SSSR count). The smallest absolute Gasteiger partial charge is 0.335 e. The van der Waals surface area contributed by atoms with Gasteiger partial charge in [-0.15, -0.1) is 0 Å². The summed E-state index contributed by atoms with van der Waals surface area (Å²) in [6.07, 6.45) is 11.9. The molecule has 1 saturated carbocycles. The molecule has 0 radical (unpaired) electrons. The van der Waals surface area contributed by atoms with Gasteiger partial charge in [0.2, 0.25) is 0 Å². The zero-order valence-electron chi connectivity index (χ0n) is 20.8. The van der Waals surface area contributed by atoms with E-state index in [-0.39, 0.29) is 24.6 Å². The van der Waals surface area contributed by atoms with Crippen LogP contribution in [0.5, 0.6) is 0 Å². The van der Waals surface area contributed by atoms with Crippen molar-refractivity contribution in [3.8, 4) is 0 Å². The number of hydrogen-bond donors (Lipinski definition) is 1. The van der Waals surface area contributed by atoms with Gasteiger partial charge in [-0.25, -0.2) is 4.79 Å². The van der Waals surface area contributed by atoms with Gasteiger partial charge in [-0.2, -0.15) is 0 Å². The summed E-state index contributed by atoms with van der Waals surface area (Å²) < 4.78 is 11.0. The Hall–Kier alpha value is -2.50. The number of rotatable bonds is 14. The molecule has 0 bridgehead atoms. The topological polar surface area (TPSA) is 72.8 Å². The molecule has 0 amide bonds. The van der Waals surface area contributed by atoms with Crippen LogP contribution in [0.2, 0.25) is 0 Å². The van der Waals surface area contributed by atoms with Crippen LogP contribution in [0.4, 0.5) is 0 Å². The molecule has 5 nitrogen and oxygen atoms in total. The molecule has 0 aromatic heterocycles. The lowest BCUT2D eigenvalue weighted by Gasteiger charge is -2.28. The van der Waals surface area contributed by atoms with E-state index in [0.29, 0.717) is 17.9 Å². The first-order valence-corrected chi connectivity index (χ1v) is 12.3. The minimum absolute atomic E-state index is 0.0161. The molecule has 0 spiro atoms. The fourth-order valence-electron chi connectivity index (χ4n) is 4.29. The van der Waals surface area contributed by atoms with Gasteiger partial charge in [0.15, 0.2) is 5.78 Å². The van der Waals surface area contributed by atoms with Crippen molar-refractivity contribution in [2.24, 2.45) is 5.92 Å². The van der Waals surface area contributed by atoms with Crippen molar-refractivity contribution >= 4 is 11.8 Å². The zero-order chi connectivity index (χ0) is 24.9. The van der Waals surface area contributed by atoms with Crippen LogP contribution in [0.3, 0.4) is 0 Å². The van der Waals surface area contributed by atoms with Gasteiger partial charge in [-0.05, 0) is 80.9 Å². The SMILES string of the molecule is C=C(C)C(=O)COC(COC(=O)C(=C)CO)Cc1ccc(C2CCC(CC/C=C/C)CC2)cc1. The third-order valence-electron chi connectivity index (χ3n) is 6.54. The van der Waals surface area contributed by atoms with Crippen molar-refractivity contribution in [3.63, 3.8) is 0 Å². The van der Waals surface area contributed by atoms with Crippen molar-refractivity contribution in [1.82, 2.24) is 0 Å². The van der Waals surface area contributed by atoms with E-state index in [1.165, 1.54) is 44.1 Å². The Morgan fingerprint density at radius 3 is 2.41 bits per heavy atom. The van der Waals surface area contributed by atoms with Crippen LogP contribution in [0.25, 0.3) is 0 Å². The quantitative estimate of drug-likeness (QED) is 0.222. The number of aliphatic hydroxyl groups is 1. The maximum absolute atomic E-state index is 11.9. The first-order chi connectivity index (χ1) is 16.3. The standard InChI is InChI=1S/C29H40O5/c1-5-6-7-8-23-9-13-25(14-10-23)26-15-11-24(12-16-26)17-27(33-20-28(31)21(2)3)19-34-29(32)22(4)18-30/h5-6,11-12,15-16,23,25,27,30H,2,4,7-10,13-14,17-20H2,1,3H3/b6-5+. The molecule has 34 heavy (non-hydrogen) atoms. The van der Waals surface area contributed by atoms with Crippen LogP contribution < -0.4 is 0 Å². The maximum atomic E-state index is 11.9. The molecule has 1 unspecified atom stereocenters. The maximum Gasteiger partial charge on any atom is 0.335 e. The number of ether oxygens (including phenoxy) is 2. The molecule has 1 N–H and O–H groups in total. The van der Waals surface area contributed by atoms with E-state index >= 15 is 0 Å². The van der Waals surface area contributed by atoms with Crippen LogP contribution in [0.1, 0.15) is 69.4 Å². The van der Waals surface area contributed by atoms with Crippen molar-refractivity contribution in [1.29, 1.82) is 0 Å². The third kappa shape index (κ3) is 9.40. The Balaban J connectivity index is 1.93. The first kappa shape index (κ1) is 27.7. The predicted molar refractivity (Wildman–Crippen MR) is 136 cm³/mol. The second-order valence-electron chi connectivity index (χ2n) is 9.31. The summed E-state index contributed by atoms with van der Waals surface area (Å²) in [5, 5.41) is 9.05. The summed E-state index contributed by atoms with van der Waals surface area (Å²) in [6.45, 7) is 10.2. The van der Waals surface area contributed by atoms with Crippen molar-refractivity contribution in [2.75, 3.05) is 19.8 Å². The Bertz CT molecular complexity index is 844. The average molecular weight is 469 g/mol. The number of allylic oxidation sites excluding steroid dienone is 2. The number of Topliss-reactive ketones (excluding diaryl/α,β-unsaturated/α-hetero) is 1. The molecule has 1 aliphatic carbocycles. The number of ketones is 1. The molecule has 1 aromatic carbocycles. The molecule has 1 atom stereocenters. The summed E-state index contributed by atoms with van der Waals surface area (Å²) >= 11 is 0. The molecule has 0 heterocycles. The monoisotopic (exact) mass is 468 g/mol. The molecule has 0 aliphatic heterocycles. The summed E-state index contributed by atoms with van der Waals surface area (Å²) in [5.41, 5.74) is 2.83. The molecular weight excluding hydrogens is 428 g/mol. The van der Waals surface area contributed by atoms with Crippen molar-refractivity contribution < 1.29 is 24.2 Å². The predicted octanol–water partition coefficient (Wildman–Crippen LogP) is 5.48. The highest BCUT2D eigenvalue weighted by Crippen LogP contribution is 2.37. The number of hydrogen-bond acceptors (Lipinski definition) is 5. The van der Waals surface area contributed by atoms with Crippen LogP contribution in [-0.2, 0) is 25.5 Å². The molecule has 0 saturated heterocycles. The van der Waals surface area contributed by atoms with E-state index in [9.17, 15) is 9.59 Å². The second-order valence-corrected chi connectivity index (χ2v) is 9.31. The van der Waals surface area contributed by atoms with Gasteiger partial charge in [-0.3, -0.25) is 4.79 Å². The van der Waals surface area contributed by atoms with Crippen LogP contribution in [0.15, 0.2) is 60.7 Å². The summed E-state index contributed by atoms with van der Waals surface area (Å²) in [7, 11) is 0. The highest BCUT2D eigenvalue weighted by atomic mass is 16.6. The highest BCUT2D eigenvalue weighted by molar-refractivity contribution is 5.95. The third-order valence-corrected chi connectivity index (χ3v) is 6.54. The minimum atomic E-state index is -0.668. The Kier molecular flexibility index (Phi) is 12.0. The molecule has 1 aromatic rings. The van der Waals surface area contributed by atoms with Gasteiger partial charge < -0.3 is 14.6 Å². The molecule has 186 valence electrons. The number of esters is 1. The van der Waals surface area contributed by atoms with E-state index in [1.807, 2.05) is 0 Å². The summed E-state index contributed by atoms with van der Waals surface area (Å²) in [4.78, 5) is 23.8. The fourth-order valence-corrected chi connectivity index (χ4v) is 4.29. The van der Waals surface area contributed by atoms with E-state index in [4.69, 9.17) is 14.6 Å². The van der Waals surface area contributed by atoms with E-state index in [1.54, 1.807) is 6.92 Å². The zero-order valence-corrected chi connectivity index (χ0v) is 20.8. The van der Waals surface area contributed by atoms with Gasteiger partial charge in [-0.1, -0.05) is 49.6 Å². The van der Waals surface area contributed by atoms with Crippen molar-refractivity contribution in [2.45, 2.75) is 70.8 Å². The molecular formula is C29H40O5. The highest BCUT2D eigenvalue weighted by Gasteiger charge is 2.22. The Morgan fingerprint density at radius 2 is 1.82 bits per heavy atom. The lowest BCUT2D eigenvalue weighted by atomic mass is 9.77. The Morgan fingerprint density at radius 1 is 1.15 bits per heavy atom. The summed E-state index contributed by atoms with van der Waals surface area (Å²) in [6, 6.07) is 8.57. The van der Waals surface area contributed by atoms with Crippen LogP contribution in [0, 0.1) is 5.92 Å². The lowest BCUT2D eigenvalue weighted by molar-refractivity contribution is -0.144. The number of carbonyl (C=O) groups excluding carboxylic acids is 2. The van der Waals surface area contributed by atoms with Gasteiger partial charge in [0.05, 0.1) is 18.3 Å². The summed E-state index contributed by atoms with van der Waals surface area (Å²) in [5.74, 6) is 0.598. The van der Waals surface area contributed by atoms with Crippen molar-refractivity contribution in [3.05, 3.63) is 71.8 Å². The van der Waals surface area contributed by atoms with Gasteiger partial charge in [0.1, 0.15) is 13.2 Å². The lowest BCUT2D eigenvalue weighted by Crippen LogP contribution is -2.28. The van der Waals surface area contributed by atoms with Gasteiger partial charge in [0, 0.05) is 6.42 Å². The van der Waals surface area contributed by atoms with E-state index in [0.717, 1.165) is 11.5 Å². The minimum Gasteiger partial charge on any atom is -0.460 e. The fraction of sp³-hybridized carbons (Fsp3) is 0.517. The second kappa shape index (κ2) is 14.7. The van der Waals surface area contributed by atoms with E-state index in [2.05, 4.69) is 56.5 Å². The average Bonchev–Trinajstić information content (AvgIpc) is 2.85. The van der Waals surface area contributed by atoms with Crippen LogP contribution in [-0.4, -0.2) is 42.8 Å². The van der Waals surface area contributed by atoms with Crippen LogP contribution >= 0.6 is 0 Å². The van der Waals surface area contributed by atoms with Gasteiger partial charge >= 0.3 is 5.97 Å². The Labute approximate surface area is 204 Å². The number of carbonyl (C=O) groups is 2. The molecule has 1 fully saturated rings. The first-order valence-electron chi connectivity index (χ1n) is 12.3. The number of benzene rings is 1. The van der Waals surface area contributed by atoms with Gasteiger partial charge in [0.25, 0.3) is 0 Å². The molecule has 1 aliphatic rings.